The van der Waals surface area contributed by atoms with Gasteiger partial charge in [0.25, 0.3) is 5.91 Å². The van der Waals surface area contributed by atoms with Gasteiger partial charge in [-0.1, -0.05) is 12.8 Å². The normalized spacial score (nSPS) is 21.9. The van der Waals surface area contributed by atoms with E-state index in [4.69, 9.17) is 4.74 Å². The standard InChI is InChI=1S/C16H20N2O3/c1-10-16(20)18(2)13-9-12(7-8-14(13)21-10)17-15(19)11-5-3-4-6-11/h7-11H,3-6H2,1-2H3,(H,17,19). The van der Waals surface area contributed by atoms with Crippen LogP contribution in [0.1, 0.15) is 32.6 Å². The van der Waals surface area contributed by atoms with Gasteiger partial charge in [-0.05, 0) is 38.0 Å². The van der Waals surface area contributed by atoms with Crippen molar-refractivity contribution in [3.63, 3.8) is 0 Å². The van der Waals surface area contributed by atoms with Gasteiger partial charge in [0.15, 0.2) is 6.10 Å². The Kier molecular flexibility index (Phi) is 3.57. The smallest absolute Gasteiger partial charge is 0.267 e. The van der Waals surface area contributed by atoms with Crippen molar-refractivity contribution in [3.8, 4) is 5.75 Å². The highest BCUT2D eigenvalue weighted by Crippen LogP contribution is 2.35. The van der Waals surface area contributed by atoms with Gasteiger partial charge in [-0.2, -0.15) is 0 Å². The predicted octanol–water partition coefficient (Wildman–Crippen LogP) is 2.56. The molecule has 1 heterocycles. The first-order valence-electron chi connectivity index (χ1n) is 7.45. The average molecular weight is 288 g/mol. The van der Waals surface area contributed by atoms with E-state index in [1.165, 1.54) is 0 Å². The van der Waals surface area contributed by atoms with E-state index in [9.17, 15) is 9.59 Å². The molecule has 0 bridgehead atoms. The third kappa shape index (κ3) is 2.60. The Labute approximate surface area is 124 Å². The minimum Gasteiger partial charge on any atom is -0.479 e. The van der Waals surface area contributed by atoms with E-state index in [0.717, 1.165) is 25.7 Å². The zero-order valence-corrected chi connectivity index (χ0v) is 12.4. The van der Waals surface area contributed by atoms with Gasteiger partial charge >= 0.3 is 0 Å². The number of hydrogen-bond donors (Lipinski definition) is 1. The third-order valence-corrected chi connectivity index (χ3v) is 4.30. The van der Waals surface area contributed by atoms with Crippen molar-refractivity contribution < 1.29 is 14.3 Å². The molecule has 2 aliphatic rings. The zero-order valence-electron chi connectivity index (χ0n) is 12.4. The molecule has 1 unspecified atom stereocenters. The van der Waals surface area contributed by atoms with E-state index < -0.39 is 6.10 Å². The molecule has 1 atom stereocenters. The predicted molar refractivity (Wildman–Crippen MR) is 80.5 cm³/mol. The molecule has 0 spiro atoms. The summed E-state index contributed by atoms with van der Waals surface area (Å²) < 4.78 is 5.57. The van der Waals surface area contributed by atoms with Gasteiger partial charge in [0.05, 0.1) is 5.69 Å². The molecule has 2 amide bonds. The fourth-order valence-corrected chi connectivity index (χ4v) is 3.02. The number of benzene rings is 1. The van der Waals surface area contributed by atoms with E-state index in [2.05, 4.69) is 5.32 Å². The van der Waals surface area contributed by atoms with Crippen LogP contribution < -0.4 is 15.0 Å². The lowest BCUT2D eigenvalue weighted by Gasteiger charge is -2.30. The number of nitrogens with zero attached hydrogens (tertiary/aromatic N) is 1. The highest BCUT2D eigenvalue weighted by atomic mass is 16.5. The molecule has 5 nitrogen and oxygen atoms in total. The highest BCUT2D eigenvalue weighted by Gasteiger charge is 2.29. The lowest BCUT2D eigenvalue weighted by molar-refractivity contribution is -0.125. The Morgan fingerprint density at radius 1 is 1.33 bits per heavy atom. The maximum absolute atomic E-state index is 12.2. The Bertz CT molecular complexity index is 579. The Morgan fingerprint density at radius 3 is 2.76 bits per heavy atom. The quantitative estimate of drug-likeness (QED) is 0.910. The molecule has 1 aromatic carbocycles. The Balaban J connectivity index is 1.79. The van der Waals surface area contributed by atoms with Crippen molar-refractivity contribution in [3.05, 3.63) is 18.2 Å². The summed E-state index contributed by atoms with van der Waals surface area (Å²) in [5, 5.41) is 2.95. The van der Waals surface area contributed by atoms with Crippen LogP contribution in [0.4, 0.5) is 11.4 Å². The first kappa shape index (κ1) is 13.9. The second-order valence-electron chi connectivity index (χ2n) is 5.81. The second kappa shape index (κ2) is 5.39. The fraction of sp³-hybridized carbons (Fsp3) is 0.500. The van der Waals surface area contributed by atoms with Crippen LogP contribution in [0.25, 0.3) is 0 Å². The van der Waals surface area contributed by atoms with Gasteiger partial charge in [0, 0.05) is 18.7 Å². The number of fused-ring (bicyclic) bond motifs is 1. The van der Waals surface area contributed by atoms with Gasteiger partial charge < -0.3 is 15.0 Å². The molecule has 112 valence electrons. The van der Waals surface area contributed by atoms with Crippen LogP contribution in [0.2, 0.25) is 0 Å². The summed E-state index contributed by atoms with van der Waals surface area (Å²) in [6, 6.07) is 5.42. The van der Waals surface area contributed by atoms with Crippen LogP contribution >= 0.6 is 0 Å². The highest BCUT2D eigenvalue weighted by molar-refractivity contribution is 6.01. The molecule has 0 radical (unpaired) electrons. The molecule has 1 aliphatic heterocycles. The van der Waals surface area contributed by atoms with Crippen molar-refractivity contribution in [2.75, 3.05) is 17.3 Å². The lowest BCUT2D eigenvalue weighted by atomic mass is 10.1. The van der Waals surface area contributed by atoms with Gasteiger partial charge in [-0.15, -0.1) is 0 Å². The van der Waals surface area contributed by atoms with Gasteiger partial charge in [0.2, 0.25) is 5.91 Å². The summed E-state index contributed by atoms with van der Waals surface area (Å²) in [7, 11) is 1.72. The summed E-state index contributed by atoms with van der Waals surface area (Å²) in [6.07, 6.45) is 3.73. The zero-order chi connectivity index (χ0) is 15.0. The number of amides is 2. The van der Waals surface area contributed by atoms with Gasteiger partial charge in [-0.3, -0.25) is 9.59 Å². The maximum Gasteiger partial charge on any atom is 0.267 e. The molecule has 1 aromatic rings. The van der Waals surface area contributed by atoms with Crippen molar-refractivity contribution in [1.82, 2.24) is 0 Å². The van der Waals surface area contributed by atoms with Crippen LogP contribution in [0.15, 0.2) is 18.2 Å². The topological polar surface area (TPSA) is 58.6 Å². The van der Waals surface area contributed by atoms with Gasteiger partial charge in [-0.25, -0.2) is 0 Å². The van der Waals surface area contributed by atoms with E-state index >= 15 is 0 Å². The number of anilines is 2. The number of carbonyl (C=O) groups excluding carboxylic acids is 2. The Hall–Kier alpha value is -2.04. The molecular weight excluding hydrogens is 268 g/mol. The van der Waals surface area contributed by atoms with E-state index in [0.29, 0.717) is 17.1 Å². The molecule has 5 heteroatoms. The molecule has 1 fully saturated rings. The molecule has 3 rings (SSSR count). The number of rotatable bonds is 2. The third-order valence-electron chi connectivity index (χ3n) is 4.30. The minimum absolute atomic E-state index is 0.0755. The SMILES string of the molecule is CC1Oc2ccc(NC(=O)C3CCCC3)cc2N(C)C1=O. The summed E-state index contributed by atoms with van der Waals surface area (Å²) >= 11 is 0. The summed E-state index contributed by atoms with van der Waals surface area (Å²) in [5.41, 5.74) is 1.41. The fourth-order valence-electron chi connectivity index (χ4n) is 3.02. The molecule has 1 aliphatic carbocycles. The van der Waals surface area contributed by atoms with Crippen molar-refractivity contribution in [2.45, 2.75) is 38.7 Å². The summed E-state index contributed by atoms with van der Waals surface area (Å²) in [6.45, 7) is 1.73. The number of hydrogen-bond acceptors (Lipinski definition) is 3. The second-order valence-corrected chi connectivity index (χ2v) is 5.81. The molecule has 0 saturated heterocycles. The van der Waals surface area contributed by atoms with Crippen LogP contribution in [0, 0.1) is 5.92 Å². The van der Waals surface area contributed by atoms with E-state index in [1.54, 1.807) is 31.0 Å². The van der Waals surface area contributed by atoms with Crippen LogP contribution in [0.3, 0.4) is 0 Å². The van der Waals surface area contributed by atoms with Gasteiger partial charge in [0.1, 0.15) is 5.75 Å². The summed E-state index contributed by atoms with van der Waals surface area (Å²) in [4.78, 5) is 25.7. The monoisotopic (exact) mass is 288 g/mol. The van der Waals surface area contributed by atoms with Crippen molar-refractivity contribution in [2.24, 2.45) is 5.92 Å². The largest absolute Gasteiger partial charge is 0.479 e. The minimum atomic E-state index is -0.471. The summed E-state index contributed by atoms with van der Waals surface area (Å²) in [5.74, 6) is 0.786. The first-order chi connectivity index (χ1) is 10.1. The number of ether oxygens (including phenoxy) is 1. The van der Waals surface area contributed by atoms with Crippen LogP contribution in [-0.2, 0) is 9.59 Å². The van der Waals surface area contributed by atoms with E-state index in [-0.39, 0.29) is 17.7 Å². The van der Waals surface area contributed by atoms with Crippen LogP contribution in [0.5, 0.6) is 5.75 Å². The maximum atomic E-state index is 12.2. The Morgan fingerprint density at radius 2 is 2.05 bits per heavy atom. The molecular formula is C16H20N2O3. The molecule has 0 aromatic heterocycles. The van der Waals surface area contributed by atoms with E-state index in [1.807, 2.05) is 6.07 Å². The van der Waals surface area contributed by atoms with Crippen molar-refractivity contribution >= 4 is 23.2 Å². The lowest BCUT2D eigenvalue weighted by Crippen LogP contribution is -2.42. The van der Waals surface area contributed by atoms with Crippen molar-refractivity contribution in [1.29, 1.82) is 0 Å². The number of nitrogens with one attached hydrogen (secondary N) is 1. The molecule has 1 N–H and O–H groups in total. The number of carbonyl (C=O) groups is 2. The average Bonchev–Trinajstić information content (AvgIpc) is 3.00. The first-order valence-corrected chi connectivity index (χ1v) is 7.45. The number of likely N-dealkylation sites (N-methyl/N-ethyl adjacent to an activating group) is 1. The molecule has 21 heavy (non-hydrogen) atoms. The molecule has 1 saturated carbocycles. The van der Waals surface area contributed by atoms with Crippen LogP contribution in [-0.4, -0.2) is 25.0 Å².